The highest BCUT2D eigenvalue weighted by Gasteiger charge is 2.34. The fourth-order valence-corrected chi connectivity index (χ4v) is 2.30. The zero-order valence-electron chi connectivity index (χ0n) is 9.24. The van der Waals surface area contributed by atoms with Crippen LogP contribution in [0, 0.1) is 12.8 Å². The maximum atomic E-state index is 11.8. The van der Waals surface area contributed by atoms with E-state index in [0.717, 1.165) is 11.3 Å². The first kappa shape index (κ1) is 12.4. The van der Waals surface area contributed by atoms with Gasteiger partial charge in [0.25, 0.3) is 0 Å². The number of halogens is 2. The van der Waals surface area contributed by atoms with Crippen molar-refractivity contribution >= 4 is 40.0 Å². The minimum Gasteiger partial charge on any atom is -0.311 e. The maximum absolute atomic E-state index is 11.8. The van der Waals surface area contributed by atoms with Crippen LogP contribution < -0.4 is 4.90 Å². The van der Waals surface area contributed by atoms with Gasteiger partial charge in [-0.15, -0.1) is 0 Å². The van der Waals surface area contributed by atoms with Gasteiger partial charge in [-0.2, -0.15) is 0 Å². The van der Waals surface area contributed by atoms with Gasteiger partial charge in [0, 0.05) is 23.7 Å². The molecular formula is C12H11Cl2NO2. The number of anilines is 1. The standard InChI is InChI=1S/C12H11Cl2NO2/c1-7-9(13)3-2-4-10(7)15-6-8(12(14)17)5-11(15)16/h2-4,8H,5-6H2,1H3/t8-/m1/s1. The predicted molar refractivity (Wildman–Crippen MR) is 67.5 cm³/mol. The first-order valence-electron chi connectivity index (χ1n) is 5.25. The molecule has 1 fully saturated rings. The summed E-state index contributed by atoms with van der Waals surface area (Å²) >= 11 is 11.4. The zero-order chi connectivity index (χ0) is 12.6. The van der Waals surface area contributed by atoms with Crippen LogP contribution in [0.25, 0.3) is 0 Å². The summed E-state index contributed by atoms with van der Waals surface area (Å²) in [5.41, 5.74) is 1.59. The normalized spacial score (nSPS) is 19.8. The summed E-state index contributed by atoms with van der Waals surface area (Å²) in [5, 5.41) is 0.150. The summed E-state index contributed by atoms with van der Waals surface area (Å²) in [5.74, 6) is -0.503. The lowest BCUT2D eigenvalue weighted by atomic mass is 10.1. The lowest BCUT2D eigenvalue weighted by Crippen LogP contribution is -2.25. The molecule has 2 rings (SSSR count). The van der Waals surface area contributed by atoms with Crippen LogP contribution in [0.1, 0.15) is 12.0 Å². The fourth-order valence-electron chi connectivity index (χ4n) is 1.98. The number of carbonyl (C=O) groups excluding carboxylic acids is 2. The second-order valence-corrected chi connectivity index (χ2v) is 4.87. The molecule has 1 aliphatic heterocycles. The van der Waals surface area contributed by atoms with Crippen LogP contribution in [0.15, 0.2) is 18.2 Å². The highest BCUT2D eigenvalue weighted by Crippen LogP contribution is 2.31. The molecule has 0 aromatic heterocycles. The van der Waals surface area contributed by atoms with Gasteiger partial charge in [-0.3, -0.25) is 9.59 Å². The summed E-state index contributed by atoms with van der Waals surface area (Å²) in [6.45, 7) is 2.18. The van der Waals surface area contributed by atoms with E-state index >= 15 is 0 Å². The molecule has 1 amide bonds. The van der Waals surface area contributed by atoms with Crippen LogP contribution in [0.3, 0.4) is 0 Å². The quantitative estimate of drug-likeness (QED) is 0.776. The molecule has 0 saturated carbocycles. The molecule has 0 bridgehead atoms. The van der Waals surface area contributed by atoms with Gasteiger partial charge >= 0.3 is 0 Å². The third-order valence-corrected chi connectivity index (χ3v) is 3.69. The number of benzene rings is 1. The Balaban J connectivity index is 2.32. The molecule has 1 atom stereocenters. The van der Waals surface area contributed by atoms with Crippen molar-refractivity contribution < 1.29 is 9.59 Å². The molecule has 1 aromatic carbocycles. The lowest BCUT2D eigenvalue weighted by molar-refractivity contribution is -0.120. The van der Waals surface area contributed by atoms with E-state index in [1.165, 1.54) is 0 Å². The zero-order valence-corrected chi connectivity index (χ0v) is 10.8. The van der Waals surface area contributed by atoms with Gasteiger partial charge in [0.1, 0.15) is 0 Å². The van der Waals surface area contributed by atoms with Crippen LogP contribution in [0.4, 0.5) is 5.69 Å². The van der Waals surface area contributed by atoms with Crippen LogP contribution in [-0.4, -0.2) is 17.7 Å². The molecule has 3 nitrogen and oxygen atoms in total. The van der Waals surface area contributed by atoms with Crippen molar-refractivity contribution in [3.05, 3.63) is 28.8 Å². The van der Waals surface area contributed by atoms with Gasteiger partial charge in [0.05, 0.1) is 5.92 Å². The number of hydrogen-bond donors (Lipinski definition) is 0. The van der Waals surface area contributed by atoms with Crippen molar-refractivity contribution in [2.24, 2.45) is 5.92 Å². The van der Waals surface area contributed by atoms with Crippen LogP contribution in [0.2, 0.25) is 5.02 Å². The molecule has 0 radical (unpaired) electrons. The van der Waals surface area contributed by atoms with Gasteiger partial charge in [-0.25, -0.2) is 0 Å². The molecular weight excluding hydrogens is 261 g/mol. The Hall–Kier alpha value is -1.06. The van der Waals surface area contributed by atoms with Crippen molar-refractivity contribution in [1.29, 1.82) is 0 Å². The average Bonchev–Trinajstić information content (AvgIpc) is 2.65. The first-order valence-corrected chi connectivity index (χ1v) is 6.01. The largest absolute Gasteiger partial charge is 0.311 e. The molecule has 0 N–H and O–H groups in total. The Morgan fingerprint density at radius 3 is 2.76 bits per heavy atom. The third-order valence-electron chi connectivity index (χ3n) is 2.98. The Kier molecular flexibility index (Phi) is 3.40. The lowest BCUT2D eigenvalue weighted by Gasteiger charge is -2.19. The molecule has 1 saturated heterocycles. The predicted octanol–water partition coefficient (Wildman–Crippen LogP) is 2.77. The van der Waals surface area contributed by atoms with Crippen molar-refractivity contribution in [2.75, 3.05) is 11.4 Å². The Bertz CT molecular complexity index is 487. The van der Waals surface area contributed by atoms with Crippen molar-refractivity contribution in [2.45, 2.75) is 13.3 Å². The van der Waals surface area contributed by atoms with E-state index in [1.54, 1.807) is 17.0 Å². The van der Waals surface area contributed by atoms with Crippen molar-refractivity contribution in [1.82, 2.24) is 0 Å². The van der Waals surface area contributed by atoms with E-state index in [0.29, 0.717) is 11.6 Å². The van der Waals surface area contributed by atoms with Crippen LogP contribution in [-0.2, 0) is 9.59 Å². The van der Waals surface area contributed by atoms with Gasteiger partial charge in [0.2, 0.25) is 11.1 Å². The summed E-state index contributed by atoms with van der Waals surface area (Å²) < 4.78 is 0. The van der Waals surface area contributed by atoms with Gasteiger partial charge < -0.3 is 4.90 Å². The van der Waals surface area contributed by atoms with Crippen LogP contribution >= 0.6 is 23.2 Å². The SMILES string of the molecule is Cc1c(Cl)cccc1N1C[C@H](C(=O)Cl)CC1=O. The monoisotopic (exact) mass is 271 g/mol. The smallest absolute Gasteiger partial charge is 0.227 e. The van der Waals surface area contributed by atoms with Gasteiger partial charge in [-0.05, 0) is 36.2 Å². The highest BCUT2D eigenvalue weighted by molar-refractivity contribution is 6.64. The minimum atomic E-state index is -0.458. The van der Waals surface area contributed by atoms with E-state index < -0.39 is 11.2 Å². The summed E-state index contributed by atoms with van der Waals surface area (Å²) in [6.07, 6.45) is 0.175. The van der Waals surface area contributed by atoms with E-state index in [1.807, 2.05) is 13.0 Å². The topological polar surface area (TPSA) is 37.4 Å². The molecule has 1 heterocycles. The van der Waals surface area contributed by atoms with E-state index in [4.69, 9.17) is 23.2 Å². The second kappa shape index (κ2) is 4.67. The molecule has 5 heteroatoms. The van der Waals surface area contributed by atoms with Crippen molar-refractivity contribution in [3.63, 3.8) is 0 Å². The molecule has 0 spiro atoms. The number of carbonyl (C=O) groups is 2. The van der Waals surface area contributed by atoms with Gasteiger partial charge in [-0.1, -0.05) is 17.7 Å². The molecule has 90 valence electrons. The number of amides is 1. The Morgan fingerprint density at radius 2 is 2.18 bits per heavy atom. The average molecular weight is 272 g/mol. The molecule has 1 aliphatic rings. The number of nitrogens with zero attached hydrogens (tertiary/aromatic N) is 1. The van der Waals surface area contributed by atoms with E-state index in [-0.39, 0.29) is 12.3 Å². The summed E-state index contributed by atoms with van der Waals surface area (Å²) in [7, 11) is 0. The van der Waals surface area contributed by atoms with Gasteiger partial charge in [0.15, 0.2) is 0 Å². The van der Waals surface area contributed by atoms with Crippen molar-refractivity contribution in [3.8, 4) is 0 Å². The number of hydrogen-bond acceptors (Lipinski definition) is 2. The maximum Gasteiger partial charge on any atom is 0.227 e. The molecule has 0 unspecified atom stereocenters. The molecule has 1 aromatic rings. The third kappa shape index (κ3) is 2.31. The fraction of sp³-hybridized carbons (Fsp3) is 0.333. The van der Waals surface area contributed by atoms with Crippen LogP contribution in [0.5, 0.6) is 0 Å². The molecule has 17 heavy (non-hydrogen) atoms. The van der Waals surface area contributed by atoms with E-state index in [9.17, 15) is 9.59 Å². The minimum absolute atomic E-state index is 0.0885. The summed E-state index contributed by atoms with van der Waals surface area (Å²) in [4.78, 5) is 24.5. The Morgan fingerprint density at radius 1 is 1.47 bits per heavy atom. The second-order valence-electron chi connectivity index (χ2n) is 4.09. The molecule has 0 aliphatic carbocycles. The first-order chi connectivity index (χ1) is 8.00. The Labute approximate surface area is 109 Å². The van der Waals surface area contributed by atoms with E-state index in [2.05, 4.69) is 0 Å². The number of rotatable bonds is 2. The summed E-state index contributed by atoms with van der Waals surface area (Å²) in [6, 6.07) is 5.37. The highest BCUT2D eigenvalue weighted by atomic mass is 35.5.